The molecular formula is C14H12ClFN2O2. The number of aromatic nitrogens is 1. The molecule has 1 heterocycles. The maximum absolute atomic E-state index is 13.5. The minimum Gasteiger partial charge on any atom is -0.492 e. The normalized spacial score (nSPS) is 10.2. The average Bonchev–Trinajstić information content (AvgIpc) is 2.42. The quantitative estimate of drug-likeness (QED) is 0.938. The summed E-state index contributed by atoms with van der Waals surface area (Å²) in [7, 11) is 0. The fraction of sp³-hybridized carbons (Fsp3) is 0.143. The van der Waals surface area contributed by atoms with Gasteiger partial charge in [-0.2, -0.15) is 0 Å². The summed E-state index contributed by atoms with van der Waals surface area (Å²) in [5, 5.41) is 3.02. The highest BCUT2D eigenvalue weighted by molar-refractivity contribution is 6.31. The van der Waals surface area contributed by atoms with Gasteiger partial charge in [0.2, 0.25) is 0 Å². The van der Waals surface area contributed by atoms with Gasteiger partial charge >= 0.3 is 0 Å². The van der Waals surface area contributed by atoms with E-state index in [0.29, 0.717) is 23.1 Å². The number of hydrogen-bond acceptors (Lipinski definition) is 3. The molecule has 0 unspecified atom stereocenters. The monoisotopic (exact) mass is 294 g/mol. The number of halogens is 2. The number of ether oxygens (including phenoxy) is 1. The Bertz CT molecular complexity index is 634. The van der Waals surface area contributed by atoms with E-state index >= 15 is 0 Å². The Morgan fingerprint density at radius 2 is 2.25 bits per heavy atom. The summed E-state index contributed by atoms with van der Waals surface area (Å²) >= 11 is 5.89. The van der Waals surface area contributed by atoms with Crippen LogP contribution in [-0.4, -0.2) is 17.5 Å². The Labute approximate surface area is 120 Å². The van der Waals surface area contributed by atoms with Crippen molar-refractivity contribution in [3.05, 3.63) is 53.1 Å². The molecule has 0 atom stereocenters. The first-order valence-electron chi connectivity index (χ1n) is 5.95. The minimum atomic E-state index is -0.690. The zero-order valence-corrected chi connectivity index (χ0v) is 11.4. The maximum atomic E-state index is 13.5. The van der Waals surface area contributed by atoms with Gasteiger partial charge in [-0.25, -0.2) is 4.39 Å². The van der Waals surface area contributed by atoms with Crippen LogP contribution < -0.4 is 10.1 Å². The zero-order valence-electron chi connectivity index (χ0n) is 10.7. The van der Waals surface area contributed by atoms with E-state index in [1.807, 2.05) is 6.92 Å². The summed E-state index contributed by atoms with van der Waals surface area (Å²) in [4.78, 5) is 15.6. The van der Waals surface area contributed by atoms with E-state index in [9.17, 15) is 9.18 Å². The summed E-state index contributed by atoms with van der Waals surface area (Å²) in [5.41, 5.74) is 0.294. The lowest BCUT2D eigenvalue weighted by Crippen LogP contribution is -2.14. The second-order valence-electron chi connectivity index (χ2n) is 3.88. The first kappa shape index (κ1) is 14.3. The van der Waals surface area contributed by atoms with Crippen LogP contribution >= 0.6 is 11.6 Å². The van der Waals surface area contributed by atoms with Gasteiger partial charge in [-0.15, -0.1) is 0 Å². The molecule has 4 nitrogen and oxygen atoms in total. The van der Waals surface area contributed by atoms with E-state index in [4.69, 9.17) is 16.3 Å². The second kappa shape index (κ2) is 6.34. The fourth-order valence-electron chi connectivity index (χ4n) is 1.63. The smallest absolute Gasteiger partial charge is 0.258 e. The summed E-state index contributed by atoms with van der Waals surface area (Å²) in [6.45, 7) is 2.26. The number of pyridine rings is 1. The lowest BCUT2D eigenvalue weighted by molar-refractivity contribution is 0.102. The SMILES string of the molecule is CCOc1ccc(Cl)cc1NC(=O)c1ccncc1F. The third kappa shape index (κ3) is 3.24. The molecule has 1 amide bonds. The number of carbonyl (C=O) groups excluding carboxylic acids is 1. The van der Waals surface area contributed by atoms with Gasteiger partial charge in [0, 0.05) is 11.2 Å². The third-order valence-corrected chi connectivity index (χ3v) is 2.74. The van der Waals surface area contributed by atoms with Gasteiger partial charge in [0.15, 0.2) is 5.82 Å². The lowest BCUT2D eigenvalue weighted by Gasteiger charge is -2.12. The summed E-state index contributed by atoms with van der Waals surface area (Å²) in [5.74, 6) is -0.808. The van der Waals surface area contributed by atoms with Crippen molar-refractivity contribution in [1.82, 2.24) is 4.98 Å². The highest BCUT2D eigenvalue weighted by atomic mass is 35.5. The Morgan fingerprint density at radius 3 is 2.95 bits per heavy atom. The van der Waals surface area contributed by atoms with E-state index in [-0.39, 0.29) is 5.56 Å². The molecule has 0 saturated heterocycles. The van der Waals surface area contributed by atoms with Crippen molar-refractivity contribution in [3.8, 4) is 5.75 Å². The lowest BCUT2D eigenvalue weighted by atomic mass is 10.2. The molecule has 20 heavy (non-hydrogen) atoms. The van der Waals surface area contributed by atoms with Crippen LogP contribution in [-0.2, 0) is 0 Å². The summed E-state index contributed by atoms with van der Waals surface area (Å²) in [6.07, 6.45) is 2.33. The molecule has 6 heteroatoms. The van der Waals surface area contributed by atoms with Crippen molar-refractivity contribution in [1.29, 1.82) is 0 Å². The number of nitrogens with zero attached hydrogens (tertiary/aromatic N) is 1. The van der Waals surface area contributed by atoms with Crippen LogP contribution in [0.3, 0.4) is 0 Å². The highest BCUT2D eigenvalue weighted by Gasteiger charge is 2.14. The third-order valence-electron chi connectivity index (χ3n) is 2.51. The largest absolute Gasteiger partial charge is 0.492 e. The molecule has 0 bridgehead atoms. The van der Waals surface area contributed by atoms with Crippen molar-refractivity contribution >= 4 is 23.2 Å². The Balaban J connectivity index is 2.27. The van der Waals surface area contributed by atoms with Gasteiger partial charge in [-0.05, 0) is 31.2 Å². The number of hydrogen-bond donors (Lipinski definition) is 1. The van der Waals surface area contributed by atoms with E-state index in [0.717, 1.165) is 6.20 Å². The van der Waals surface area contributed by atoms with Crippen LogP contribution in [0.1, 0.15) is 17.3 Å². The maximum Gasteiger partial charge on any atom is 0.258 e. The van der Waals surface area contributed by atoms with Gasteiger partial charge in [0.05, 0.1) is 24.1 Å². The van der Waals surface area contributed by atoms with Gasteiger partial charge < -0.3 is 10.1 Å². The van der Waals surface area contributed by atoms with E-state index < -0.39 is 11.7 Å². The molecule has 0 aliphatic rings. The van der Waals surface area contributed by atoms with Crippen LogP contribution in [0.25, 0.3) is 0 Å². The predicted molar refractivity (Wildman–Crippen MR) is 74.8 cm³/mol. The molecule has 1 aromatic heterocycles. The predicted octanol–water partition coefficient (Wildman–Crippen LogP) is 3.53. The van der Waals surface area contributed by atoms with Crippen LogP contribution in [0.5, 0.6) is 5.75 Å². The molecule has 1 N–H and O–H groups in total. The fourth-order valence-corrected chi connectivity index (χ4v) is 1.80. The molecule has 0 saturated carbocycles. The summed E-state index contributed by atoms with van der Waals surface area (Å²) in [6, 6.07) is 6.14. The summed E-state index contributed by atoms with van der Waals surface area (Å²) < 4.78 is 18.9. The topological polar surface area (TPSA) is 51.2 Å². The molecule has 0 fully saturated rings. The molecular weight excluding hydrogens is 283 g/mol. The standard InChI is InChI=1S/C14H12ClFN2O2/c1-2-20-13-4-3-9(15)7-12(13)18-14(19)10-5-6-17-8-11(10)16/h3-8H,2H2,1H3,(H,18,19). The van der Waals surface area contributed by atoms with E-state index in [1.54, 1.807) is 18.2 Å². The van der Waals surface area contributed by atoms with Crippen LogP contribution in [0, 0.1) is 5.82 Å². The number of amides is 1. The van der Waals surface area contributed by atoms with Gasteiger partial charge in [0.1, 0.15) is 5.75 Å². The Hall–Kier alpha value is -2.14. The molecule has 0 spiro atoms. The van der Waals surface area contributed by atoms with Crippen molar-refractivity contribution in [3.63, 3.8) is 0 Å². The first-order valence-corrected chi connectivity index (χ1v) is 6.33. The number of nitrogens with one attached hydrogen (secondary N) is 1. The molecule has 0 aliphatic heterocycles. The molecule has 1 aromatic carbocycles. The van der Waals surface area contributed by atoms with Crippen LogP contribution in [0.4, 0.5) is 10.1 Å². The molecule has 0 radical (unpaired) electrons. The number of carbonyl (C=O) groups is 1. The van der Waals surface area contributed by atoms with Crippen molar-refractivity contribution < 1.29 is 13.9 Å². The van der Waals surface area contributed by atoms with Crippen molar-refractivity contribution in [2.24, 2.45) is 0 Å². The highest BCUT2D eigenvalue weighted by Crippen LogP contribution is 2.28. The Kier molecular flexibility index (Phi) is 4.53. The van der Waals surface area contributed by atoms with Crippen molar-refractivity contribution in [2.75, 3.05) is 11.9 Å². The number of benzene rings is 1. The molecule has 0 aliphatic carbocycles. The van der Waals surface area contributed by atoms with Gasteiger partial charge in [-0.3, -0.25) is 9.78 Å². The van der Waals surface area contributed by atoms with Crippen LogP contribution in [0.2, 0.25) is 5.02 Å². The second-order valence-corrected chi connectivity index (χ2v) is 4.32. The van der Waals surface area contributed by atoms with Crippen LogP contribution in [0.15, 0.2) is 36.7 Å². The van der Waals surface area contributed by atoms with E-state index in [1.165, 1.54) is 12.3 Å². The Morgan fingerprint density at radius 1 is 1.45 bits per heavy atom. The molecule has 2 aromatic rings. The van der Waals surface area contributed by atoms with Gasteiger partial charge in [-0.1, -0.05) is 11.6 Å². The molecule has 104 valence electrons. The van der Waals surface area contributed by atoms with Gasteiger partial charge in [0.25, 0.3) is 5.91 Å². The molecule has 2 rings (SSSR count). The number of rotatable bonds is 4. The van der Waals surface area contributed by atoms with Crippen molar-refractivity contribution in [2.45, 2.75) is 6.92 Å². The zero-order chi connectivity index (χ0) is 14.5. The minimum absolute atomic E-state index is 0.0950. The first-order chi connectivity index (χ1) is 9.61. The number of anilines is 1. The average molecular weight is 295 g/mol. The van der Waals surface area contributed by atoms with E-state index in [2.05, 4.69) is 10.3 Å².